The summed E-state index contributed by atoms with van der Waals surface area (Å²) in [4.78, 5) is 34.1. The summed E-state index contributed by atoms with van der Waals surface area (Å²) < 4.78 is 0. The normalized spacial score (nSPS) is 10.7. The van der Waals surface area contributed by atoms with Crippen LogP contribution in [0.4, 0.5) is 11.4 Å². The summed E-state index contributed by atoms with van der Waals surface area (Å²) in [5.41, 5.74) is 5.09. The van der Waals surface area contributed by atoms with Crippen LogP contribution in [0.3, 0.4) is 0 Å². The minimum absolute atomic E-state index is 0.00764. The third kappa shape index (κ3) is 6.17. The van der Waals surface area contributed by atoms with Gasteiger partial charge in [-0.1, -0.05) is 23.7 Å². The molecule has 0 radical (unpaired) electrons. The minimum Gasteiger partial charge on any atom is -0.326 e. The van der Waals surface area contributed by atoms with Crippen molar-refractivity contribution in [3.63, 3.8) is 0 Å². The van der Waals surface area contributed by atoms with Gasteiger partial charge in [0, 0.05) is 41.2 Å². The molecule has 2 N–H and O–H groups in total. The molecule has 2 rings (SSSR count). The molecule has 0 unspecified atom stereocenters. The van der Waals surface area contributed by atoms with Crippen molar-refractivity contribution >= 4 is 41.0 Å². The van der Waals surface area contributed by atoms with Crippen molar-refractivity contribution in [1.29, 1.82) is 0 Å². The van der Waals surface area contributed by atoms with Gasteiger partial charge in [0.1, 0.15) is 0 Å². The molecule has 0 bridgehead atoms. The predicted molar refractivity (Wildman–Crippen MR) is 108 cm³/mol. The Labute approximate surface area is 166 Å². The summed E-state index contributed by atoms with van der Waals surface area (Å²) in [7, 11) is 0. The van der Waals surface area contributed by atoms with Crippen LogP contribution in [0.15, 0.2) is 41.5 Å². The number of hydrogen-bond donors (Lipinski definition) is 2. The summed E-state index contributed by atoms with van der Waals surface area (Å²) >= 11 is 5.94. The lowest BCUT2D eigenvalue weighted by Crippen LogP contribution is -2.21. The summed E-state index contributed by atoms with van der Waals surface area (Å²) in [6.07, 6.45) is 1.15. The second-order valence-electron chi connectivity index (χ2n) is 6.12. The van der Waals surface area contributed by atoms with Gasteiger partial charge in [-0.15, -0.1) is 0 Å². The smallest absolute Gasteiger partial charge is 0.270 e. The maximum absolute atomic E-state index is 12.0. The number of amides is 2. The number of anilines is 1. The van der Waals surface area contributed by atoms with Gasteiger partial charge in [0.2, 0.25) is 11.8 Å². The van der Waals surface area contributed by atoms with Crippen LogP contribution in [-0.4, -0.2) is 23.0 Å². The van der Waals surface area contributed by atoms with E-state index in [4.69, 9.17) is 11.6 Å². The van der Waals surface area contributed by atoms with Crippen LogP contribution in [0, 0.1) is 24.0 Å². The Morgan fingerprint density at radius 3 is 2.57 bits per heavy atom. The summed E-state index contributed by atoms with van der Waals surface area (Å²) in [6, 6.07) is 9.61. The molecule has 2 aromatic rings. The first-order chi connectivity index (χ1) is 13.3. The van der Waals surface area contributed by atoms with Crippen molar-refractivity contribution in [2.45, 2.75) is 26.7 Å². The molecule has 9 heteroatoms. The van der Waals surface area contributed by atoms with Crippen molar-refractivity contribution in [2.24, 2.45) is 5.10 Å². The van der Waals surface area contributed by atoms with Crippen LogP contribution in [0.25, 0.3) is 0 Å². The van der Waals surface area contributed by atoms with Gasteiger partial charge in [-0.05, 0) is 37.1 Å². The van der Waals surface area contributed by atoms with Gasteiger partial charge in [-0.2, -0.15) is 5.10 Å². The van der Waals surface area contributed by atoms with E-state index in [0.717, 1.165) is 11.1 Å². The predicted octanol–water partition coefficient (Wildman–Crippen LogP) is 3.73. The Bertz CT molecular complexity index is 944. The van der Waals surface area contributed by atoms with Gasteiger partial charge >= 0.3 is 0 Å². The SMILES string of the molecule is Cc1ccc(C)c(NC(=O)CCC(=O)NN=Cc2cc([N+](=O)[O-])ccc2Cl)c1. The van der Waals surface area contributed by atoms with Crippen LogP contribution >= 0.6 is 11.6 Å². The summed E-state index contributed by atoms with van der Waals surface area (Å²) in [6.45, 7) is 3.81. The van der Waals surface area contributed by atoms with Crippen LogP contribution in [0.1, 0.15) is 29.5 Å². The molecule has 2 amide bonds. The number of benzene rings is 2. The highest BCUT2D eigenvalue weighted by molar-refractivity contribution is 6.33. The number of nitrogens with zero attached hydrogens (tertiary/aromatic N) is 2. The van der Waals surface area contributed by atoms with E-state index >= 15 is 0 Å². The van der Waals surface area contributed by atoms with E-state index in [1.807, 2.05) is 32.0 Å². The standard InChI is InChI=1S/C19H19ClN4O4/c1-12-3-4-13(2)17(9-12)22-18(25)7-8-19(26)23-21-11-14-10-15(24(27)28)5-6-16(14)20/h3-6,9-11H,7-8H2,1-2H3,(H,22,25)(H,23,26). The molecule has 0 spiro atoms. The molecule has 28 heavy (non-hydrogen) atoms. The Morgan fingerprint density at radius 2 is 1.86 bits per heavy atom. The Kier molecular flexibility index (Phi) is 7.22. The summed E-state index contributed by atoms with van der Waals surface area (Å²) in [5, 5.41) is 17.5. The van der Waals surface area contributed by atoms with E-state index < -0.39 is 10.8 Å². The molecule has 0 atom stereocenters. The molecule has 0 aliphatic carbocycles. The number of hydrogen-bond acceptors (Lipinski definition) is 5. The number of carbonyl (C=O) groups is 2. The van der Waals surface area contributed by atoms with Gasteiger partial charge < -0.3 is 5.32 Å². The average molecular weight is 403 g/mol. The zero-order valence-electron chi connectivity index (χ0n) is 15.4. The number of nitro groups is 1. The van der Waals surface area contributed by atoms with Crippen molar-refractivity contribution < 1.29 is 14.5 Å². The first-order valence-corrected chi connectivity index (χ1v) is 8.77. The van der Waals surface area contributed by atoms with Gasteiger partial charge in [0.15, 0.2) is 0 Å². The second-order valence-corrected chi connectivity index (χ2v) is 6.53. The monoisotopic (exact) mass is 402 g/mol. The molecule has 0 aromatic heterocycles. The number of carbonyl (C=O) groups excluding carboxylic acids is 2. The molecule has 8 nitrogen and oxygen atoms in total. The summed E-state index contributed by atoms with van der Waals surface area (Å²) in [5.74, 6) is -0.747. The second kappa shape index (κ2) is 9.61. The molecule has 0 saturated carbocycles. The fourth-order valence-electron chi connectivity index (χ4n) is 2.28. The number of non-ortho nitro benzene ring substituents is 1. The van der Waals surface area contributed by atoms with Crippen LogP contribution in [-0.2, 0) is 9.59 Å². The molecular formula is C19H19ClN4O4. The molecular weight excluding hydrogens is 384 g/mol. The molecule has 0 aliphatic rings. The minimum atomic E-state index is -0.555. The Balaban J connectivity index is 1.85. The van der Waals surface area contributed by atoms with E-state index in [9.17, 15) is 19.7 Å². The first-order valence-electron chi connectivity index (χ1n) is 8.39. The zero-order valence-corrected chi connectivity index (χ0v) is 16.1. The van der Waals surface area contributed by atoms with Crippen molar-refractivity contribution in [3.8, 4) is 0 Å². The van der Waals surface area contributed by atoms with E-state index in [0.29, 0.717) is 11.3 Å². The quantitative estimate of drug-likeness (QED) is 0.417. The molecule has 0 heterocycles. The van der Waals surface area contributed by atoms with Gasteiger partial charge in [0.05, 0.1) is 11.1 Å². The van der Waals surface area contributed by atoms with E-state index in [1.165, 1.54) is 24.4 Å². The third-order valence-electron chi connectivity index (χ3n) is 3.83. The molecule has 0 aliphatic heterocycles. The van der Waals surface area contributed by atoms with Crippen LogP contribution in [0.2, 0.25) is 5.02 Å². The van der Waals surface area contributed by atoms with Crippen LogP contribution < -0.4 is 10.7 Å². The number of hydrazone groups is 1. The first kappa shape index (κ1) is 21.0. The number of nitrogens with one attached hydrogen (secondary N) is 2. The highest BCUT2D eigenvalue weighted by Crippen LogP contribution is 2.20. The fourth-order valence-corrected chi connectivity index (χ4v) is 2.45. The topological polar surface area (TPSA) is 114 Å². The highest BCUT2D eigenvalue weighted by Gasteiger charge is 2.10. The number of nitro benzene ring substituents is 1. The average Bonchev–Trinajstić information content (AvgIpc) is 2.64. The van der Waals surface area contributed by atoms with Gasteiger partial charge in [0.25, 0.3) is 5.69 Å². The Hall–Kier alpha value is -3.26. The molecule has 0 saturated heterocycles. The molecule has 2 aromatic carbocycles. The highest BCUT2D eigenvalue weighted by atomic mass is 35.5. The molecule has 0 fully saturated rings. The molecule has 146 valence electrons. The number of rotatable bonds is 7. The van der Waals surface area contributed by atoms with Crippen molar-refractivity contribution in [1.82, 2.24) is 5.43 Å². The van der Waals surface area contributed by atoms with Crippen molar-refractivity contribution in [2.75, 3.05) is 5.32 Å². The van der Waals surface area contributed by atoms with Gasteiger partial charge in [-0.25, -0.2) is 5.43 Å². The third-order valence-corrected chi connectivity index (χ3v) is 4.17. The lowest BCUT2D eigenvalue weighted by molar-refractivity contribution is -0.384. The number of halogens is 1. The van der Waals surface area contributed by atoms with Crippen LogP contribution in [0.5, 0.6) is 0 Å². The van der Waals surface area contributed by atoms with E-state index in [2.05, 4.69) is 15.8 Å². The zero-order chi connectivity index (χ0) is 20.7. The number of aryl methyl sites for hydroxylation is 2. The maximum Gasteiger partial charge on any atom is 0.270 e. The lowest BCUT2D eigenvalue weighted by Gasteiger charge is -2.09. The Morgan fingerprint density at radius 1 is 1.14 bits per heavy atom. The van der Waals surface area contributed by atoms with E-state index in [-0.39, 0.29) is 29.5 Å². The lowest BCUT2D eigenvalue weighted by atomic mass is 10.1. The van der Waals surface area contributed by atoms with Crippen molar-refractivity contribution in [3.05, 3.63) is 68.2 Å². The maximum atomic E-state index is 12.0. The largest absolute Gasteiger partial charge is 0.326 e. The fraction of sp³-hybridized carbons (Fsp3) is 0.211. The van der Waals surface area contributed by atoms with E-state index in [1.54, 1.807) is 0 Å². The van der Waals surface area contributed by atoms with Gasteiger partial charge in [-0.3, -0.25) is 19.7 Å².